The highest BCUT2D eigenvalue weighted by Crippen LogP contribution is 2.21. The average Bonchev–Trinajstić information content (AvgIpc) is 3.04. The van der Waals surface area contributed by atoms with Crippen molar-refractivity contribution >= 4 is 29.7 Å². The zero-order chi connectivity index (χ0) is 19.1. The maximum atomic E-state index is 12.3. The Morgan fingerprint density at radius 3 is 1.96 bits per heavy atom. The number of rotatable bonds is 7. The smallest absolute Gasteiger partial charge is 0.328 e. The van der Waals surface area contributed by atoms with Crippen LogP contribution in [0.2, 0.25) is 0 Å². The van der Waals surface area contributed by atoms with E-state index in [-0.39, 0.29) is 18.7 Å². The van der Waals surface area contributed by atoms with E-state index >= 15 is 0 Å². The van der Waals surface area contributed by atoms with Crippen LogP contribution in [0.3, 0.4) is 0 Å². The van der Waals surface area contributed by atoms with Crippen molar-refractivity contribution in [2.24, 2.45) is 11.8 Å². The number of carbonyl (C=O) groups is 5. The van der Waals surface area contributed by atoms with Crippen molar-refractivity contribution in [3.63, 3.8) is 0 Å². The van der Waals surface area contributed by atoms with Crippen molar-refractivity contribution in [3.8, 4) is 0 Å². The molecule has 0 spiro atoms. The van der Waals surface area contributed by atoms with Gasteiger partial charge in [-0.2, -0.15) is 0 Å². The lowest BCUT2D eigenvalue weighted by atomic mass is 9.87. The minimum atomic E-state index is -1.43. The molecule has 3 atom stereocenters. The number of carbonyl (C=O) groups excluding carboxylic acids is 5. The molecule has 10 heteroatoms. The highest BCUT2D eigenvalue weighted by molar-refractivity contribution is 5.97. The van der Waals surface area contributed by atoms with Crippen molar-refractivity contribution in [2.75, 3.05) is 21.3 Å². The Bertz CT molecular complexity index is 546. The Kier molecular flexibility index (Phi) is 7.34. The van der Waals surface area contributed by atoms with Crippen LogP contribution >= 0.6 is 0 Å². The summed E-state index contributed by atoms with van der Waals surface area (Å²) in [6.45, 7) is 1.41. The van der Waals surface area contributed by atoms with Crippen LogP contribution in [0, 0.1) is 11.8 Å². The van der Waals surface area contributed by atoms with Gasteiger partial charge < -0.3 is 24.8 Å². The minimum absolute atomic E-state index is 0.198. The summed E-state index contributed by atoms with van der Waals surface area (Å²) in [6.07, 6.45) is 0.480. The van der Waals surface area contributed by atoms with Gasteiger partial charge in [-0.25, -0.2) is 4.79 Å². The summed E-state index contributed by atoms with van der Waals surface area (Å²) in [4.78, 5) is 59.4. The number of ether oxygens (including phenoxy) is 3. The van der Waals surface area contributed by atoms with Gasteiger partial charge in [-0.1, -0.05) is 6.92 Å². The molecule has 2 amide bonds. The summed E-state index contributed by atoms with van der Waals surface area (Å²) in [5.41, 5.74) is 0. The quantitative estimate of drug-likeness (QED) is 0.319. The van der Waals surface area contributed by atoms with Crippen LogP contribution in [0.25, 0.3) is 0 Å². The van der Waals surface area contributed by atoms with Crippen LogP contribution < -0.4 is 10.6 Å². The van der Waals surface area contributed by atoms with E-state index in [0.717, 1.165) is 21.3 Å². The molecule has 140 valence electrons. The van der Waals surface area contributed by atoms with E-state index in [4.69, 9.17) is 0 Å². The maximum Gasteiger partial charge on any atom is 0.328 e. The molecule has 0 bridgehead atoms. The van der Waals surface area contributed by atoms with Crippen molar-refractivity contribution in [1.29, 1.82) is 0 Å². The first kappa shape index (κ1) is 20.4. The second-order valence-electron chi connectivity index (χ2n) is 5.55. The first-order valence-electron chi connectivity index (χ1n) is 7.60. The van der Waals surface area contributed by atoms with Crippen molar-refractivity contribution < 1.29 is 38.2 Å². The van der Waals surface area contributed by atoms with E-state index in [0.29, 0.717) is 0 Å². The van der Waals surface area contributed by atoms with E-state index in [9.17, 15) is 24.0 Å². The predicted octanol–water partition coefficient (Wildman–Crippen LogP) is -1.48. The summed E-state index contributed by atoms with van der Waals surface area (Å²) in [5, 5.41) is 4.89. The first-order chi connectivity index (χ1) is 11.8. The van der Waals surface area contributed by atoms with E-state index in [1.807, 2.05) is 0 Å². The summed E-state index contributed by atoms with van der Waals surface area (Å²) < 4.78 is 13.8. The predicted molar refractivity (Wildman–Crippen MR) is 81.8 cm³/mol. The van der Waals surface area contributed by atoms with E-state index < -0.39 is 47.7 Å². The zero-order valence-corrected chi connectivity index (χ0v) is 14.5. The van der Waals surface area contributed by atoms with Crippen LogP contribution in [0.1, 0.15) is 19.8 Å². The Balaban J connectivity index is 3.00. The van der Waals surface area contributed by atoms with Gasteiger partial charge in [0.15, 0.2) is 5.92 Å². The second-order valence-corrected chi connectivity index (χ2v) is 5.55. The fourth-order valence-corrected chi connectivity index (χ4v) is 2.57. The molecule has 1 fully saturated rings. The molecule has 1 saturated heterocycles. The zero-order valence-electron chi connectivity index (χ0n) is 14.5. The van der Waals surface area contributed by atoms with Crippen LogP contribution in [0.5, 0.6) is 0 Å². The van der Waals surface area contributed by atoms with Crippen molar-refractivity contribution in [3.05, 3.63) is 0 Å². The third-order valence-electron chi connectivity index (χ3n) is 4.03. The summed E-state index contributed by atoms with van der Waals surface area (Å²) in [5.74, 6) is -5.98. The van der Waals surface area contributed by atoms with Crippen molar-refractivity contribution in [1.82, 2.24) is 10.6 Å². The molecule has 0 aromatic rings. The number of methoxy groups -OCH3 is 3. The van der Waals surface area contributed by atoms with Gasteiger partial charge in [0.1, 0.15) is 12.1 Å². The van der Waals surface area contributed by atoms with Gasteiger partial charge in [-0.15, -0.1) is 0 Å². The third-order valence-corrected chi connectivity index (χ3v) is 4.03. The standard InChI is InChI=1S/C15H22N2O8/c1-7(10(13(20)23-2)14(21)24-3)11(15(22)25-4)17-12(19)8-5-6-9(18)16-8/h7-8,10-11H,5-6H2,1-4H3,(H,16,18)(H,17,19)/t7-,8+,11-/m1/s1. The van der Waals surface area contributed by atoms with E-state index in [2.05, 4.69) is 24.8 Å². The van der Waals surface area contributed by atoms with Crippen LogP contribution in [-0.2, 0) is 38.2 Å². The van der Waals surface area contributed by atoms with Gasteiger partial charge in [-0.05, 0) is 6.42 Å². The summed E-state index contributed by atoms with van der Waals surface area (Å²) in [6, 6.07) is -2.10. The fourth-order valence-electron chi connectivity index (χ4n) is 2.57. The molecule has 0 saturated carbocycles. The first-order valence-corrected chi connectivity index (χ1v) is 7.60. The third kappa shape index (κ3) is 4.91. The monoisotopic (exact) mass is 358 g/mol. The van der Waals surface area contributed by atoms with Gasteiger partial charge in [0.05, 0.1) is 21.3 Å². The molecule has 2 N–H and O–H groups in total. The fraction of sp³-hybridized carbons (Fsp3) is 0.667. The lowest BCUT2D eigenvalue weighted by molar-refractivity contribution is -0.163. The largest absolute Gasteiger partial charge is 0.468 e. The molecule has 0 radical (unpaired) electrons. The highest BCUT2D eigenvalue weighted by atomic mass is 16.5. The number of hydrogen-bond donors (Lipinski definition) is 2. The number of hydrogen-bond acceptors (Lipinski definition) is 8. The molecular formula is C15H22N2O8. The molecule has 0 aromatic carbocycles. The van der Waals surface area contributed by atoms with E-state index in [1.165, 1.54) is 6.92 Å². The maximum absolute atomic E-state index is 12.3. The van der Waals surface area contributed by atoms with Gasteiger partial charge in [-0.3, -0.25) is 19.2 Å². The lowest BCUT2D eigenvalue weighted by Gasteiger charge is -2.27. The summed E-state index contributed by atoms with van der Waals surface area (Å²) >= 11 is 0. The van der Waals surface area contributed by atoms with Gasteiger partial charge in [0, 0.05) is 12.3 Å². The average molecular weight is 358 g/mol. The number of nitrogens with one attached hydrogen (secondary N) is 2. The summed E-state index contributed by atoms with van der Waals surface area (Å²) in [7, 11) is 3.28. The Hall–Kier alpha value is -2.65. The SMILES string of the molecule is COC(=O)C(C(=O)OC)[C@@H](C)[C@@H](NC(=O)[C@@H]1CCC(=O)N1)C(=O)OC. The molecule has 1 rings (SSSR count). The molecule has 25 heavy (non-hydrogen) atoms. The minimum Gasteiger partial charge on any atom is -0.468 e. The van der Waals surface area contributed by atoms with Crippen LogP contribution in [0.4, 0.5) is 0 Å². The Labute approximate surface area is 144 Å². The normalized spacial score (nSPS) is 18.8. The number of amides is 2. The second kappa shape index (κ2) is 9.00. The topological polar surface area (TPSA) is 137 Å². The molecule has 0 aliphatic carbocycles. The Morgan fingerprint density at radius 1 is 1.04 bits per heavy atom. The molecule has 1 heterocycles. The van der Waals surface area contributed by atoms with Gasteiger partial charge >= 0.3 is 17.9 Å². The number of esters is 3. The molecule has 0 aromatic heterocycles. The molecular weight excluding hydrogens is 336 g/mol. The van der Waals surface area contributed by atoms with Gasteiger partial charge in [0.2, 0.25) is 11.8 Å². The van der Waals surface area contributed by atoms with Crippen LogP contribution in [0.15, 0.2) is 0 Å². The van der Waals surface area contributed by atoms with Crippen molar-refractivity contribution in [2.45, 2.75) is 31.8 Å². The Morgan fingerprint density at radius 2 is 1.56 bits per heavy atom. The molecule has 10 nitrogen and oxygen atoms in total. The molecule has 0 unspecified atom stereocenters. The molecule has 1 aliphatic rings. The highest BCUT2D eigenvalue weighted by Gasteiger charge is 2.43. The molecule has 1 aliphatic heterocycles. The van der Waals surface area contributed by atoms with Crippen LogP contribution in [-0.4, -0.2) is 63.1 Å². The lowest BCUT2D eigenvalue weighted by Crippen LogP contribution is -2.54. The van der Waals surface area contributed by atoms with E-state index in [1.54, 1.807) is 0 Å². The van der Waals surface area contributed by atoms with Gasteiger partial charge in [0.25, 0.3) is 0 Å².